The summed E-state index contributed by atoms with van der Waals surface area (Å²) < 4.78 is 72.6. The van der Waals surface area contributed by atoms with Crippen LogP contribution in [0.2, 0.25) is 0 Å². The number of aryl methyl sites for hydroxylation is 1. The molecule has 0 unspecified atom stereocenters. The van der Waals surface area contributed by atoms with E-state index in [1.54, 1.807) is 24.4 Å². The molecule has 0 radical (unpaired) electrons. The van der Waals surface area contributed by atoms with Crippen LogP contribution in [0.4, 0.5) is 24.9 Å². The Hall–Kier alpha value is -4.48. The van der Waals surface area contributed by atoms with Crippen molar-refractivity contribution < 1.29 is 26.3 Å². The molecule has 0 bridgehead atoms. The van der Waals surface area contributed by atoms with Gasteiger partial charge in [-0.1, -0.05) is 19.1 Å². The number of hydrogen-bond donors (Lipinski definition) is 3. The highest BCUT2D eigenvalue weighted by Gasteiger charge is 2.34. The first-order valence-electron chi connectivity index (χ1n) is 13.6. The smallest absolute Gasteiger partial charge is 0.387 e. The fraction of sp³-hybridized carbons (Fsp3) is 0.310. The molecule has 5 rings (SSSR count). The van der Waals surface area contributed by atoms with E-state index >= 15 is 0 Å². The summed E-state index contributed by atoms with van der Waals surface area (Å²) in [5.74, 6) is -0.805. The van der Waals surface area contributed by atoms with Gasteiger partial charge in [0, 0.05) is 29.2 Å². The third-order valence-corrected chi connectivity index (χ3v) is 8.58. The predicted octanol–water partition coefficient (Wildman–Crippen LogP) is 5.51. The molecule has 4 N–H and O–H groups in total. The second-order valence-electron chi connectivity index (χ2n) is 10.2. The summed E-state index contributed by atoms with van der Waals surface area (Å²) in [6, 6.07) is 13.5. The van der Waals surface area contributed by atoms with Gasteiger partial charge in [0.25, 0.3) is 10.0 Å². The molecule has 0 spiro atoms. The van der Waals surface area contributed by atoms with Gasteiger partial charge in [-0.05, 0) is 79.6 Å². The number of nitrogens with two attached hydrogens (primary N) is 1. The van der Waals surface area contributed by atoms with E-state index in [4.69, 9.17) is 10.7 Å². The Balaban J connectivity index is 1.50. The third kappa shape index (κ3) is 6.95. The number of nitrogens with zero attached hydrogens (tertiary/aromatic N) is 4. The highest BCUT2D eigenvalue weighted by Crippen LogP contribution is 2.36. The second kappa shape index (κ2) is 12.0. The van der Waals surface area contributed by atoms with Crippen LogP contribution in [0.15, 0.2) is 59.6 Å². The van der Waals surface area contributed by atoms with E-state index in [1.165, 1.54) is 36.4 Å². The lowest BCUT2D eigenvalue weighted by Crippen LogP contribution is -2.33. The molecular weight excluding hydrogens is 583 g/mol. The third-order valence-electron chi connectivity index (χ3n) is 7.17. The standard InChI is InChI=1S/C29H28F3N7O3S/c1-2-17-13-19(14-20-16-35-28(38-26(17)20)36-22-9-7-21(34)8-10-22)23-11-12-25(37-27(23)42-29(30,31)32)39-43(40,41)24-6-4-3-5-18(24)15-33/h3-6,11-14,16,21-22H,2,7-10,34H2,1H3,(H,37,39)(H,35,36,38). The monoisotopic (exact) mass is 611 g/mol. The molecule has 10 nitrogen and oxygen atoms in total. The average Bonchev–Trinajstić information content (AvgIpc) is 2.97. The maximum Gasteiger partial charge on any atom is 0.574 e. The van der Waals surface area contributed by atoms with E-state index in [0.29, 0.717) is 28.8 Å². The molecule has 43 heavy (non-hydrogen) atoms. The normalized spacial score (nSPS) is 17.3. The Morgan fingerprint density at radius 1 is 1.09 bits per heavy atom. The summed E-state index contributed by atoms with van der Waals surface area (Å²) in [6.45, 7) is 1.90. The summed E-state index contributed by atoms with van der Waals surface area (Å²) in [5, 5.41) is 13.2. The van der Waals surface area contributed by atoms with E-state index in [-0.39, 0.29) is 28.1 Å². The Morgan fingerprint density at radius 2 is 1.84 bits per heavy atom. The highest BCUT2D eigenvalue weighted by atomic mass is 32.2. The zero-order valence-corrected chi connectivity index (χ0v) is 23.8. The molecule has 1 saturated carbocycles. The molecule has 14 heteroatoms. The van der Waals surface area contributed by atoms with Crippen LogP contribution in [0.25, 0.3) is 22.0 Å². The van der Waals surface area contributed by atoms with Crippen molar-refractivity contribution in [2.75, 3.05) is 10.0 Å². The zero-order chi connectivity index (χ0) is 30.8. The SMILES string of the molecule is CCc1cc(-c2ccc(NS(=O)(=O)c3ccccc3C#N)nc2OC(F)(F)F)cc2cnc(NC3CCC(N)CC3)nc12. The van der Waals surface area contributed by atoms with Crippen LogP contribution in [0, 0.1) is 11.3 Å². The van der Waals surface area contributed by atoms with Gasteiger partial charge < -0.3 is 15.8 Å². The molecule has 4 aromatic rings. The number of benzene rings is 2. The minimum Gasteiger partial charge on any atom is -0.387 e. The zero-order valence-electron chi connectivity index (χ0n) is 23.0. The lowest BCUT2D eigenvalue weighted by Gasteiger charge is -2.26. The van der Waals surface area contributed by atoms with Crippen molar-refractivity contribution in [3.05, 3.63) is 65.9 Å². The Morgan fingerprint density at radius 3 is 2.53 bits per heavy atom. The van der Waals surface area contributed by atoms with Gasteiger partial charge in [0.15, 0.2) is 0 Å². The number of rotatable bonds is 8. The van der Waals surface area contributed by atoms with Gasteiger partial charge in [-0.2, -0.15) is 10.2 Å². The van der Waals surface area contributed by atoms with Crippen molar-refractivity contribution in [3.8, 4) is 23.1 Å². The molecule has 2 aromatic carbocycles. The molecule has 0 amide bonds. The Bertz CT molecular complexity index is 1800. The van der Waals surface area contributed by atoms with Crippen molar-refractivity contribution in [2.45, 2.75) is 62.4 Å². The lowest BCUT2D eigenvalue weighted by atomic mass is 9.92. The van der Waals surface area contributed by atoms with Crippen LogP contribution in [0.5, 0.6) is 5.88 Å². The summed E-state index contributed by atoms with van der Waals surface area (Å²) in [6.07, 6.45) is 0.677. The van der Waals surface area contributed by atoms with Crippen LogP contribution in [-0.4, -0.2) is 41.8 Å². The number of aromatic nitrogens is 3. The van der Waals surface area contributed by atoms with Crippen LogP contribution in [0.1, 0.15) is 43.7 Å². The van der Waals surface area contributed by atoms with E-state index in [9.17, 15) is 26.9 Å². The molecule has 0 atom stereocenters. The predicted molar refractivity (Wildman–Crippen MR) is 155 cm³/mol. The molecule has 224 valence electrons. The number of halogens is 3. The average molecular weight is 612 g/mol. The first kappa shape index (κ1) is 30.0. The summed E-state index contributed by atoms with van der Waals surface area (Å²) in [5.41, 5.74) is 7.62. The topological polar surface area (TPSA) is 156 Å². The molecule has 2 aromatic heterocycles. The van der Waals surface area contributed by atoms with Crippen LogP contribution >= 0.6 is 0 Å². The summed E-state index contributed by atoms with van der Waals surface area (Å²) in [4.78, 5) is 12.6. The van der Waals surface area contributed by atoms with Crippen LogP contribution in [-0.2, 0) is 16.4 Å². The number of fused-ring (bicyclic) bond motifs is 1. The molecule has 1 aliphatic carbocycles. The van der Waals surface area contributed by atoms with Crippen LogP contribution < -0.4 is 20.5 Å². The van der Waals surface area contributed by atoms with E-state index in [2.05, 4.69) is 24.7 Å². The van der Waals surface area contributed by atoms with Gasteiger partial charge >= 0.3 is 6.36 Å². The number of anilines is 2. The minimum absolute atomic E-state index is 0.0185. The van der Waals surface area contributed by atoms with Gasteiger partial charge in [0.05, 0.1) is 11.1 Å². The molecule has 0 aliphatic heterocycles. The van der Waals surface area contributed by atoms with Gasteiger partial charge in [-0.25, -0.2) is 18.4 Å². The van der Waals surface area contributed by atoms with Crippen molar-refractivity contribution in [2.24, 2.45) is 5.73 Å². The van der Waals surface area contributed by atoms with Crippen molar-refractivity contribution in [1.82, 2.24) is 15.0 Å². The summed E-state index contributed by atoms with van der Waals surface area (Å²) >= 11 is 0. The number of pyridine rings is 1. The number of ether oxygens (including phenoxy) is 1. The number of nitrogens with one attached hydrogen (secondary N) is 2. The van der Waals surface area contributed by atoms with Gasteiger partial charge in [-0.3, -0.25) is 4.72 Å². The van der Waals surface area contributed by atoms with E-state index in [0.717, 1.165) is 31.2 Å². The number of alkyl halides is 3. The Kier molecular flexibility index (Phi) is 8.38. The fourth-order valence-electron chi connectivity index (χ4n) is 5.05. The first-order chi connectivity index (χ1) is 20.5. The van der Waals surface area contributed by atoms with Crippen molar-refractivity contribution >= 4 is 32.7 Å². The van der Waals surface area contributed by atoms with Gasteiger partial charge in [-0.15, -0.1) is 13.2 Å². The summed E-state index contributed by atoms with van der Waals surface area (Å²) in [7, 11) is -4.35. The number of hydrogen-bond acceptors (Lipinski definition) is 9. The van der Waals surface area contributed by atoms with Crippen molar-refractivity contribution in [1.29, 1.82) is 5.26 Å². The second-order valence-corrected chi connectivity index (χ2v) is 11.8. The molecule has 1 aliphatic rings. The molecule has 0 saturated heterocycles. The van der Waals surface area contributed by atoms with Crippen LogP contribution in [0.3, 0.4) is 0 Å². The molecule has 1 fully saturated rings. The molecule has 2 heterocycles. The van der Waals surface area contributed by atoms with Gasteiger partial charge in [0.2, 0.25) is 11.8 Å². The minimum atomic E-state index is -5.11. The van der Waals surface area contributed by atoms with Gasteiger partial charge in [0.1, 0.15) is 16.8 Å². The first-order valence-corrected chi connectivity index (χ1v) is 15.0. The van der Waals surface area contributed by atoms with E-state index in [1.807, 2.05) is 6.92 Å². The quantitative estimate of drug-likeness (QED) is 0.234. The largest absolute Gasteiger partial charge is 0.574 e. The van der Waals surface area contributed by atoms with Crippen molar-refractivity contribution in [3.63, 3.8) is 0 Å². The maximum atomic E-state index is 13.5. The fourth-order valence-corrected chi connectivity index (χ4v) is 6.21. The number of nitriles is 1. The Labute approximate surface area is 246 Å². The maximum absolute atomic E-state index is 13.5. The highest BCUT2D eigenvalue weighted by molar-refractivity contribution is 7.92. The lowest BCUT2D eigenvalue weighted by molar-refractivity contribution is -0.275. The number of sulfonamides is 1. The van der Waals surface area contributed by atoms with E-state index < -0.39 is 28.1 Å². The molecular formula is C29H28F3N7O3S.